The molecule has 2 amide bonds. The highest BCUT2D eigenvalue weighted by Crippen LogP contribution is 2.15. The monoisotopic (exact) mass is 357 g/mol. The Kier molecular flexibility index (Phi) is 5.10. The molecule has 0 bridgehead atoms. The van der Waals surface area contributed by atoms with Crippen LogP contribution in [0.2, 0.25) is 0 Å². The summed E-state index contributed by atoms with van der Waals surface area (Å²) in [6.07, 6.45) is 1.38. The number of hydrogen-bond acceptors (Lipinski definition) is 6. The van der Waals surface area contributed by atoms with Crippen molar-refractivity contribution < 1.29 is 18.7 Å². The van der Waals surface area contributed by atoms with Gasteiger partial charge >= 0.3 is 5.91 Å². The first kappa shape index (κ1) is 16.7. The number of carbonyl (C=O) groups is 2. The molecule has 25 heavy (non-hydrogen) atoms. The Balaban J connectivity index is 1.50. The second-order valence-corrected chi connectivity index (χ2v) is 6.12. The molecule has 0 aliphatic carbocycles. The molecule has 7 nitrogen and oxygen atoms in total. The molecule has 0 saturated heterocycles. The summed E-state index contributed by atoms with van der Waals surface area (Å²) in [7, 11) is 0. The van der Waals surface area contributed by atoms with Crippen molar-refractivity contribution in [3.8, 4) is 5.75 Å². The quantitative estimate of drug-likeness (QED) is 0.685. The zero-order valence-electron chi connectivity index (χ0n) is 13.3. The number of nitrogens with one attached hydrogen (secondary N) is 2. The number of furan rings is 1. The lowest BCUT2D eigenvalue weighted by Crippen LogP contribution is -2.41. The van der Waals surface area contributed by atoms with Gasteiger partial charge in [0.1, 0.15) is 12.4 Å². The van der Waals surface area contributed by atoms with Crippen molar-refractivity contribution in [3.63, 3.8) is 0 Å². The molecular formula is C17H15N3O4S. The highest BCUT2D eigenvalue weighted by Gasteiger charge is 2.11. The van der Waals surface area contributed by atoms with Crippen molar-refractivity contribution in [1.29, 1.82) is 0 Å². The highest BCUT2D eigenvalue weighted by molar-refractivity contribution is 7.09. The van der Waals surface area contributed by atoms with Gasteiger partial charge in [0.05, 0.1) is 17.0 Å². The summed E-state index contributed by atoms with van der Waals surface area (Å²) in [5.41, 5.74) is 5.85. The zero-order valence-corrected chi connectivity index (χ0v) is 14.1. The Morgan fingerprint density at radius 1 is 1.16 bits per heavy atom. The Labute approximate surface area is 147 Å². The van der Waals surface area contributed by atoms with E-state index in [1.807, 2.05) is 12.3 Å². The Hall–Kier alpha value is -3.13. The lowest BCUT2D eigenvalue weighted by atomic mass is 10.2. The largest absolute Gasteiger partial charge is 0.487 e. The lowest BCUT2D eigenvalue weighted by Gasteiger charge is -2.07. The maximum atomic E-state index is 12.0. The van der Waals surface area contributed by atoms with E-state index in [9.17, 15) is 9.59 Å². The molecule has 1 aromatic carbocycles. The number of hydrazine groups is 1. The topological polar surface area (TPSA) is 93.5 Å². The van der Waals surface area contributed by atoms with E-state index in [1.54, 1.807) is 41.7 Å². The van der Waals surface area contributed by atoms with Crippen LogP contribution in [0.3, 0.4) is 0 Å². The van der Waals surface area contributed by atoms with Gasteiger partial charge in [0.25, 0.3) is 5.91 Å². The average molecular weight is 357 g/mol. The van der Waals surface area contributed by atoms with E-state index in [2.05, 4.69) is 15.8 Å². The minimum Gasteiger partial charge on any atom is -0.487 e. The molecule has 0 saturated carbocycles. The lowest BCUT2D eigenvalue weighted by molar-refractivity contribution is 0.0831. The molecule has 3 rings (SSSR count). The van der Waals surface area contributed by atoms with Crippen molar-refractivity contribution >= 4 is 23.2 Å². The Bertz CT molecular complexity index is 856. The van der Waals surface area contributed by atoms with Gasteiger partial charge in [-0.25, -0.2) is 4.98 Å². The molecule has 0 radical (unpaired) electrons. The summed E-state index contributed by atoms with van der Waals surface area (Å²) in [6, 6.07) is 9.66. The van der Waals surface area contributed by atoms with Crippen LogP contribution in [-0.4, -0.2) is 16.8 Å². The molecule has 0 aliphatic rings. The standard InChI is InChI=1S/C17H15N3O4S/c1-11-18-13(10-25-11)9-24-14-6-4-12(5-7-14)16(21)19-20-17(22)15-3-2-8-23-15/h2-8,10H,9H2,1H3,(H,19,21)(H,20,22). The van der Waals surface area contributed by atoms with E-state index in [4.69, 9.17) is 9.15 Å². The van der Waals surface area contributed by atoms with Crippen molar-refractivity contribution in [2.45, 2.75) is 13.5 Å². The van der Waals surface area contributed by atoms with E-state index >= 15 is 0 Å². The third-order valence-electron chi connectivity index (χ3n) is 3.20. The van der Waals surface area contributed by atoms with E-state index in [0.717, 1.165) is 10.7 Å². The van der Waals surface area contributed by atoms with Crippen molar-refractivity contribution in [1.82, 2.24) is 15.8 Å². The molecule has 3 aromatic rings. The smallest absolute Gasteiger partial charge is 0.305 e. The normalized spacial score (nSPS) is 10.3. The van der Waals surface area contributed by atoms with Crippen LogP contribution >= 0.6 is 11.3 Å². The van der Waals surface area contributed by atoms with Crippen LogP contribution in [-0.2, 0) is 6.61 Å². The first-order valence-corrected chi connectivity index (χ1v) is 8.28. The van der Waals surface area contributed by atoms with Gasteiger partial charge in [-0.3, -0.25) is 20.4 Å². The van der Waals surface area contributed by atoms with Gasteiger partial charge in [-0.2, -0.15) is 0 Å². The predicted octanol–water partition coefficient (Wildman–Crippen LogP) is 2.70. The number of aryl methyl sites for hydroxylation is 1. The summed E-state index contributed by atoms with van der Waals surface area (Å²) in [4.78, 5) is 28.0. The third-order valence-corrected chi connectivity index (χ3v) is 4.03. The molecule has 128 valence electrons. The van der Waals surface area contributed by atoms with Crippen molar-refractivity contribution in [3.05, 3.63) is 70.1 Å². The maximum absolute atomic E-state index is 12.0. The Morgan fingerprint density at radius 2 is 1.92 bits per heavy atom. The number of aromatic nitrogens is 1. The van der Waals surface area contributed by atoms with Crippen LogP contribution in [0.15, 0.2) is 52.5 Å². The molecular weight excluding hydrogens is 342 g/mol. The van der Waals surface area contributed by atoms with Gasteiger partial charge in [0.15, 0.2) is 5.76 Å². The minimum atomic E-state index is -0.531. The van der Waals surface area contributed by atoms with E-state index < -0.39 is 11.8 Å². The molecule has 2 N–H and O–H groups in total. The van der Waals surface area contributed by atoms with Gasteiger partial charge in [-0.15, -0.1) is 11.3 Å². The van der Waals surface area contributed by atoms with Crippen LogP contribution in [0.1, 0.15) is 31.6 Å². The molecule has 2 heterocycles. The molecule has 0 atom stereocenters. The molecule has 8 heteroatoms. The second-order valence-electron chi connectivity index (χ2n) is 5.06. The van der Waals surface area contributed by atoms with Crippen LogP contribution in [0.25, 0.3) is 0 Å². The summed E-state index contributed by atoms with van der Waals surface area (Å²) in [5, 5.41) is 2.93. The molecule has 0 aliphatic heterocycles. The fourth-order valence-electron chi connectivity index (χ4n) is 1.99. The fraction of sp³-hybridized carbons (Fsp3) is 0.118. The summed E-state index contributed by atoms with van der Waals surface area (Å²) < 4.78 is 10.5. The molecule has 0 spiro atoms. The van der Waals surface area contributed by atoms with Crippen LogP contribution in [0.5, 0.6) is 5.75 Å². The van der Waals surface area contributed by atoms with Gasteiger partial charge in [0.2, 0.25) is 0 Å². The Morgan fingerprint density at radius 3 is 2.56 bits per heavy atom. The fourth-order valence-corrected chi connectivity index (χ4v) is 2.59. The number of thiazole rings is 1. The average Bonchev–Trinajstić information content (AvgIpc) is 3.30. The van der Waals surface area contributed by atoms with Crippen LogP contribution in [0, 0.1) is 6.92 Å². The van der Waals surface area contributed by atoms with Crippen LogP contribution < -0.4 is 15.6 Å². The van der Waals surface area contributed by atoms with Crippen molar-refractivity contribution in [2.24, 2.45) is 0 Å². The SMILES string of the molecule is Cc1nc(COc2ccc(C(=O)NNC(=O)c3ccco3)cc2)cs1. The second kappa shape index (κ2) is 7.63. The zero-order chi connectivity index (χ0) is 17.6. The summed E-state index contributed by atoms with van der Waals surface area (Å²) in [6.45, 7) is 2.31. The van der Waals surface area contributed by atoms with Crippen molar-refractivity contribution in [2.75, 3.05) is 0 Å². The first-order chi connectivity index (χ1) is 12.1. The molecule has 0 fully saturated rings. The molecule has 0 unspecified atom stereocenters. The predicted molar refractivity (Wildman–Crippen MR) is 91.3 cm³/mol. The number of hydrogen-bond donors (Lipinski definition) is 2. The summed E-state index contributed by atoms with van der Waals surface area (Å²) >= 11 is 1.57. The third kappa shape index (κ3) is 4.45. The number of carbonyl (C=O) groups excluding carboxylic acids is 2. The first-order valence-electron chi connectivity index (χ1n) is 7.40. The number of rotatable bonds is 5. The van der Waals surface area contributed by atoms with E-state index in [1.165, 1.54) is 12.3 Å². The minimum absolute atomic E-state index is 0.112. The summed E-state index contributed by atoms with van der Waals surface area (Å²) in [5.74, 6) is -0.235. The molecule has 2 aromatic heterocycles. The number of nitrogens with zero attached hydrogens (tertiary/aromatic N) is 1. The van der Waals surface area contributed by atoms with Gasteiger partial charge in [-0.1, -0.05) is 0 Å². The number of amides is 2. The van der Waals surface area contributed by atoms with Gasteiger partial charge in [0, 0.05) is 10.9 Å². The van der Waals surface area contributed by atoms with Gasteiger partial charge < -0.3 is 9.15 Å². The van der Waals surface area contributed by atoms with Crippen LogP contribution in [0.4, 0.5) is 0 Å². The van der Waals surface area contributed by atoms with E-state index in [0.29, 0.717) is 17.9 Å². The van der Waals surface area contributed by atoms with E-state index in [-0.39, 0.29) is 5.76 Å². The maximum Gasteiger partial charge on any atom is 0.305 e. The number of benzene rings is 1. The van der Waals surface area contributed by atoms with Gasteiger partial charge in [-0.05, 0) is 43.3 Å². The highest BCUT2D eigenvalue weighted by atomic mass is 32.1. The number of ether oxygens (including phenoxy) is 1.